The summed E-state index contributed by atoms with van der Waals surface area (Å²) in [5.41, 5.74) is 1.24. The Morgan fingerprint density at radius 2 is 2.40 bits per heavy atom. The van der Waals surface area contributed by atoms with Gasteiger partial charge in [-0.1, -0.05) is 6.92 Å². The summed E-state index contributed by atoms with van der Waals surface area (Å²) in [4.78, 5) is 4.18. The smallest absolute Gasteiger partial charge is 0.0951 e. The number of nitrogens with one attached hydrogen (secondary N) is 1. The number of aromatic nitrogens is 2. The van der Waals surface area contributed by atoms with Gasteiger partial charge in [-0.3, -0.25) is 0 Å². The number of hydrogen-bond donors (Lipinski definition) is 1. The fourth-order valence-electron chi connectivity index (χ4n) is 1.45. The van der Waals surface area contributed by atoms with E-state index in [1.165, 1.54) is 5.69 Å². The Bertz CT molecular complexity index is 273. The summed E-state index contributed by atoms with van der Waals surface area (Å²) < 4.78 is 7.20. The van der Waals surface area contributed by atoms with Gasteiger partial charge >= 0.3 is 0 Å². The van der Waals surface area contributed by atoms with E-state index in [1.54, 1.807) is 7.11 Å². The summed E-state index contributed by atoms with van der Waals surface area (Å²) in [7, 11) is 1.71. The molecule has 0 radical (unpaired) electrons. The van der Waals surface area contributed by atoms with E-state index < -0.39 is 0 Å². The molecule has 1 atom stereocenters. The van der Waals surface area contributed by atoms with Crippen LogP contribution in [0.5, 0.6) is 0 Å². The maximum absolute atomic E-state index is 4.98. The van der Waals surface area contributed by atoms with Gasteiger partial charge in [-0.25, -0.2) is 4.98 Å². The van der Waals surface area contributed by atoms with Crippen molar-refractivity contribution in [3.8, 4) is 0 Å². The van der Waals surface area contributed by atoms with Gasteiger partial charge in [-0.2, -0.15) is 0 Å². The molecule has 0 aliphatic rings. The van der Waals surface area contributed by atoms with Crippen molar-refractivity contribution in [2.75, 3.05) is 20.3 Å². The van der Waals surface area contributed by atoms with Crippen LogP contribution in [0.4, 0.5) is 0 Å². The first kappa shape index (κ1) is 12.2. The second-order valence-corrected chi connectivity index (χ2v) is 3.72. The monoisotopic (exact) mass is 211 g/mol. The molecule has 0 aliphatic carbocycles. The second-order valence-electron chi connectivity index (χ2n) is 3.72. The first-order chi connectivity index (χ1) is 7.29. The van der Waals surface area contributed by atoms with Crippen LogP contribution in [0.1, 0.15) is 32.0 Å². The fraction of sp³-hybridized carbons (Fsp3) is 0.727. The van der Waals surface area contributed by atoms with E-state index in [9.17, 15) is 0 Å². The predicted molar refractivity (Wildman–Crippen MR) is 60.8 cm³/mol. The van der Waals surface area contributed by atoms with E-state index in [-0.39, 0.29) is 0 Å². The molecule has 4 nitrogen and oxygen atoms in total. The highest BCUT2D eigenvalue weighted by atomic mass is 16.5. The number of imidazole rings is 1. The zero-order valence-electron chi connectivity index (χ0n) is 9.86. The Kier molecular flexibility index (Phi) is 5.36. The molecule has 0 aromatic carbocycles. The van der Waals surface area contributed by atoms with E-state index in [2.05, 4.69) is 28.7 Å². The topological polar surface area (TPSA) is 39.1 Å². The Hall–Kier alpha value is -0.870. The summed E-state index contributed by atoms with van der Waals surface area (Å²) in [5.74, 6) is 0. The van der Waals surface area contributed by atoms with Crippen molar-refractivity contribution in [3.05, 3.63) is 18.2 Å². The molecule has 1 unspecified atom stereocenters. The Labute approximate surface area is 91.7 Å². The highest BCUT2D eigenvalue weighted by Gasteiger charge is 2.06. The lowest BCUT2D eigenvalue weighted by atomic mass is 10.2. The molecule has 1 heterocycles. The molecule has 4 heteroatoms. The standard InChI is InChI=1S/C11H21N3O/c1-4-10(2)14-9-13-8-11(14)7-12-5-6-15-3/h8-10,12H,4-7H2,1-3H3. The third-order valence-corrected chi connectivity index (χ3v) is 2.60. The first-order valence-corrected chi connectivity index (χ1v) is 5.50. The van der Waals surface area contributed by atoms with Gasteiger partial charge in [0.1, 0.15) is 0 Å². The Balaban J connectivity index is 2.43. The summed E-state index contributed by atoms with van der Waals surface area (Å²) in [6.07, 6.45) is 4.95. The lowest BCUT2D eigenvalue weighted by molar-refractivity contribution is 0.199. The van der Waals surface area contributed by atoms with Gasteiger partial charge in [0, 0.05) is 32.4 Å². The molecule has 1 aromatic rings. The van der Waals surface area contributed by atoms with Crippen molar-refractivity contribution in [1.82, 2.24) is 14.9 Å². The van der Waals surface area contributed by atoms with E-state index in [0.29, 0.717) is 6.04 Å². The molecule has 0 aliphatic heterocycles. The average molecular weight is 211 g/mol. The molecule has 0 amide bonds. The first-order valence-electron chi connectivity index (χ1n) is 5.50. The molecule has 0 saturated carbocycles. The number of rotatable bonds is 7. The van der Waals surface area contributed by atoms with Crippen molar-refractivity contribution in [2.24, 2.45) is 0 Å². The van der Waals surface area contributed by atoms with E-state index in [0.717, 1.165) is 26.1 Å². The van der Waals surface area contributed by atoms with Gasteiger partial charge in [0.25, 0.3) is 0 Å². The molecule has 0 fully saturated rings. The Morgan fingerprint density at radius 1 is 1.60 bits per heavy atom. The van der Waals surface area contributed by atoms with Gasteiger partial charge in [0.15, 0.2) is 0 Å². The van der Waals surface area contributed by atoms with Gasteiger partial charge < -0.3 is 14.6 Å². The zero-order valence-corrected chi connectivity index (χ0v) is 9.86. The minimum absolute atomic E-state index is 0.520. The van der Waals surface area contributed by atoms with Crippen LogP contribution in [0.2, 0.25) is 0 Å². The molecule has 0 spiro atoms. The molecule has 1 rings (SSSR count). The average Bonchev–Trinajstić information content (AvgIpc) is 2.71. The van der Waals surface area contributed by atoms with E-state index in [4.69, 9.17) is 4.74 Å². The summed E-state index contributed by atoms with van der Waals surface area (Å²) >= 11 is 0. The third-order valence-electron chi connectivity index (χ3n) is 2.60. The maximum atomic E-state index is 4.98. The minimum Gasteiger partial charge on any atom is -0.383 e. The number of methoxy groups -OCH3 is 1. The van der Waals surface area contributed by atoms with Crippen molar-refractivity contribution in [1.29, 1.82) is 0 Å². The van der Waals surface area contributed by atoms with Gasteiger partial charge in [-0.15, -0.1) is 0 Å². The molecular formula is C11H21N3O. The van der Waals surface area contributed by atoms with Crippen LogP contribution in [0.3, 0.4) is 0 Å². The quantitative estimate of drug-likeness (QED) is 0.696. The summed E-state index contributed by atoms with van der Waals surface area (Å²) in [5, 5.41) is 3.32. The number of nitrogens with zero attached hydrogens (tertiary/aromatic N) is 2. The molecular weight excluding hydrogens is 190 g/mol. The van der Waals surface area contributed by atoms with Crippen molar-refractivity contribution >= 4 is 0 Å². The van der Waals surface area contributed by atoms with E-state index >= 15 is 0 Å². The number of hydrogen-bond acceptors (Lipinski definition) is 3. The molecule has 1 N–H and O–H groups in total. The van der Waals surface area contributed by atoms with Crippen molar-refractivity contribution in [3.63, 3.8) is 0 Å². The fourth-order valence-corrected chi connectivity index (χ4v) is 1.45. The van der Waals surface area contributed by atoms with Crippen LogP contribution in [0.25, 0.3) is 0 Å². The lowest BCUT2D eigenvalue weighted by Crippen LogP contribution is -2.21. The normalized spacial score (nSPS) is 13.0. The van der Waals surface area contributed by atoms with Crippen LogP contribution in [0.15, 0.2) is 12.5 Å². The highest BCUT2D eigenvalue weighted by molar-refractivity contribution is 4.99. The van der Waals surface area contributed by atoms with Crippen LogP contribution in [-0.4, -0.2) is 29.8 Å². The van der Waals surface area contributed by atoms with Crippen LogP contribution < -0.4 is 5.32 Å². The second kappa shape index (κ2) is 6.58. The SMILES string of the molecule is CCC(C)n1cncc1CNCCOC. The van der Waals surface area contributed by atoms with Crippen molar-refractivity contribution in [2.45, 2.75) is 32.9 Å². The summed E-state index contributed by atoms with van der Waals surface area (Å²) in [6.45, 7) is 6.88. The molecule has 1 aromatic heterocycles. The van der Waals surface area contributed by atoms with Gasteiger partial charge in [0.05, 0.1) is 18.6 Å². The zero-order chi connectivity index (χ0) is 11.1. The van der Waals surface area contributed by atoms with Crippen LogP contribution in [-0.2, 0) is 11.3 Å². The molecule has 0 bridgehead atoms. The highest BCUT2D eigenvalue weighted by Crippen LogP contribution is 2.12. The van der Waals surface area contributed by atoms with Crippen molar-refractivity contribution < 1.29 is 4.74 Å². The lowest BCUT2D eigenvalue weighted by Gasteiger charge is -2.14. The maximum Gasteiger partial charge on any atom is 0.0951 e. The molecule has 15 heavy (non-hydrogen) atoms. The van der Waals surface area contributed by atoms with Gasteiger partial charge in [-0.05, 0) is 13.3 Å². The third kappa shape index (κ3) is 3.64. The van der Waals surface area contributed by atoms with Crippen LogP contribution >= 0.6 is 0 Å². The summed E-state index contributed by atoms with van der Waals surface area (Å²) in [6, 6.07) is 0.520. The predicted octanol–water partition coefficient (Wildman–Crippen LogP) is 1.59. The van der Waals surface area contributed by atoms with E-state index in [1.807, 2.05) is 12.5 Å². The van der Waals surface area contributed by atoms with Gasteiger partial charge in [0.2, 0.25) is 0 Å². The molecule has 0 saturated heterocycles. The largest absolute Gasteiger partial charge is 0.383 e. The number of ether oxygens (including phenoxy) is 1. The molecule has 86 valence electrons. The Morgan fingerprint density at radius 3 is 3.07 bits per heavy atom. The minimum atomic E-state index is 0.520. The van der Waals surface area contributed by atoms with Crippen LogP contribution in [0, 0.1) is 0 Å².